The second-order valence-corrected chi connectivity index (χ2v) is 8.85. The Balaban J connectivity index is 2.22. The van der Waals surface area contributed by atoms with E-state index in [9.17, 15) is 8.42 Å². The maximum atomic E-state index is 12.8. The van der Waals surface area contributed by atoms with Gasteiger partial charge in [-0.15, -0.1) is 0 Å². The minimum Gasteiger partial charge on any atom is -0.271 e. The first-order valence-corrected chi connectivity index (χ1v) is 10.4. The van der Waals surface area contributed by atoms with Crippen molar-refractivity contribution in [1.29, 1.82) is 5.26 Å². The van der Waals surface area contributed by atoms with Crippen molar-refractivity contribution in [2.45, 2.75) is 25.2 Å². The fraction of sp³-hybridized carbons (Fsp3) is 0.500. The minimum atomic E-state index is -3.48. The molecule has 1 saturated heterocycles. The highest BCUT2D eigenvalue weighted by Gasteiger charge is 2.31. The van der Waals surface area contributed by atoms with E-state index < -0.39 is 10.0 Å². The number of rotatable bonds is 3. The summed E-state index contributed by atoms with van der Waals surface area (Å²) in [5, 5.41) is 11.6. The monoisotopic (exact) mass is 366 g/mol. The number of amidine groups is 1. The Kier molecular flexibility index (Phi) is 6.27. The van der Waals surface area contributed by atoms with E-state index in [4.69, 9.17) is 5.26 Å². The second-order valence-electron chi connectivity index (χ2n) is 6.12. The summed E-state index contributed by atoms with van der Waals surface area (Å²) in [4.78, 5) is 4.54. The van der Waals surface area contributed by atoms with Crippen molar-refractivity contribution in [2.24, 2.45) is 16.8 Å². The van der Waals surface area contributed by atoms with Gasteiger partial charge in [0.1, 0.15) is 0 Å². The van der Waals surface area contributed by atoms with Crippen LogP contribution in [0.3, 0.4) is 0 Å². The first-order valence-electron chi connectivity index (χ1n) is 7.74. The molecule has 1 aromatic carbocycles. The van der Waals surface area contributed by atoms with E-state index in [0.717, 1.165) is 6.42 Å². The fourth-order valence-electron chi connectivity index (χ4n) is 2.93. The molecule has 8 heteroatoms. The van der Waals surface area contributed by atoms with Gasteiger partial charge in [0.15, 0.2) is 11.4 Å². The van der Waals surface area contributed by atoms with Crippen LogP contribution in [0.2, 0.25) is 0 Å². The molecule has 2 rings (SSSR count). The molecule has 0 bridgehead atoms. The van der Waals surface area contributed by atoms with Gasteiger partial charge < -0.3 is 0 Å². The van der Waals surface area contributed by atoms with Crippen LogP contribution >= 0.6 is 11.8 Å². The molecular formula is C16H22N4O2S2. The third-order valence-electron chi connectivity index (χ3n) is 3.90. The average Bonchev–Trinajstić information content (AvgIpc) is 2.54. The van der Waals surface area contributed by atoms with E-state index in [0.29, 0.717) is 35.8 Å². The van der Waals surface area contributed by atoms with Crippen LogP contribution in [0.5, 0.6) is 0 Å². The predicted octanol–water partition coefficient (Wildman–Crippen LogP) is 2.77. The second kappa shape index (κ2) is 8.01. The molecule has 0 amide bonds. The lowest BCUT2D eigenvalue weighted by atomic mass is 9.94. The number of nitriles is 1. The number of thioether (sulfide) groups is 1. The smallest absolute Gasteiger partial charge is 0.243 e. The zero-order chi connectivity index (χ0) is 17.7. The van der Waals surface area contributed by atoms with Crippen LogP contribution in [0, 0.1) is 23.3 Å². The molecule has 1 N–H and O–H groups in total. The van der Waals surface area contributed by atoms with E-state index in [-0.39, 0.29) is 4.90 Å². The van der Waals surface area contributed by atoms with Gasteiger partial charge in [-0.2, -0.15) is 9.57 Å². The van der Waals surface area contributed by atoms with E-state index in [1.54, 1.807) is 34.8 Å². The molecule has 6 nitrogen and oxygen atoms in total. The Morgan fingerprint density at radius 1 is 1.29 bits per heavy atom. The van der Waals surface area contributed by atoms with Gasteiger partial charge in [0.25, 0.3) is 0 Å². The molecule has 1 heterocycles. The molecule has 0 saturated carbocycles. The first kappa shape index (κ1) is 18.8. The Labute approximate surface area is 148 Å². The summed E-state index contributed by atoms with van der Waals surface area (Å²) in [5.74, 6) is 0.738. The SMILES string of the molecule is CSC(=Nc1ccc(S(=O)(=O)N2CC(C)CC(C)C2)cc1)NC#N. The van der Waals surface area contributed by atoms with Crippen LogP contribution < -0.4 is 5.32 Å². The molecule has 24 heavy (non-hydrogen) atoms. The minimum absolute atomic E-state index is 0.279. The van der Waals surface area contributed by atoms with Gasteiger partial charge in [0.2, 0.25) is 10.0 Å². The van der Waals surface area contributed by atoms with Crippen LogP contribution in [0.1, 0.15) is 20.3 Å². The Hall–Kier alpha value is -1.56. The summed E-state index contributed by atoms with van der Waals surface area (Å²) in [5.41, 5.74) is 0.599. The molecule has 1 aliphatic rings. The fourth-order valence-corrected chi connectivity index (χ4v) is 4.96. The quantitative estimate of drug-likeness (QED) is 0.385. The number of hydrogen-bond donors (Lipinski definition) is 1. The zero-order valence-corrected chi connectivity index (χ0v) is 15.7. The van der Waals surface area contributed by atoms with E-state index in [1.807, 2.05) is 6.19 Å². The summed E-state index contributed by atoms with van der Waals surface area (Å²) >= 11 is 1.31. The van der Waals surface area contributed by atoms with Crippen LogP contribution in [0.4, 0.5) is 5.69 Å². The highest BCUT2D eigenvalue weighted by Crippen LogP contribution is 2.27. The third kappa shape index (κ3) is 4.50. The highest BCUT2D eigenvalue weighted by atomic mass is 32.2. The number of hydrogen-bond acceptors (Lipinski definition) is 5. The zero-order valence-electron chi connectivity index (χ0n) is 14.1. The van der Waals surface area contributed by atoms with Crippen molar-refractivity contribution in [3.8, 4) is 6.19 Å². The Morgan fingerprint density at radius 2 is 1.88 bits per heavy atom. The van der Waals surface area contributed by atoms with Crippen LogP contribution in [-0.4, -0.2) is 37.2 Å². The Morgan fingerprint density at radius 3 is 2.38 bits per heavy atom. The maximum Gasteiger partial charge on any atom is 0.243 e. The largest absolute Gasteiger partial charge is 0.271 e. The summed E-state index contributed by atoms with van der Waals surface area (Å²) in [6, 6.07) is 6.45. The lowest BCUT2D eigenvalue weighted by Crippen LogP contribution is -2.42. The molecule has 1 aliphatic heterocycles. The van der Waals surface area contributed by atoms with Crippen LogP contribution in [0.25, 0.3) is 0 Å². The number of nitrogens with zero attached hydrogens (tertiary/aromatic N) is 3. The molecule has 1 aromatic rings. The van der Waals surface area contributed by atoms with Crippen molar-refractivity contribution in [3.05, 3.63) is 24.3 Å². The molecule has 0 aliphatic carbocycles. The van der Waals surface area contributed by atoms with Crippen molar-refractivity contribution in [2.75, 3.05) is 19.3 Å². The van der Waals surface area contributed by atoms with Gasteiger partial charge in [0, 0.05) is 13.1 Å². The van der Waals surface area contributed by atoms with E-state index in [1.165, 1.54) is 11.8 Å². The van der Waals surface area contributed by atoms with Gasteiger partial charge in [-0.25, -0.2) is 13.4 Å². The third-order valence-corrected chi connectivity index (χ3v) is 6.32. The molecule has 0 radical (unpaired) electrons. The summed E-state index contributed by atoms with van der Waals surface area (Å²) in [6.45, 7) is 5.30. The maximum absolute atomic E-state index is 12.8. The first-order chi connectivity index (χ1) is 11.4. The van der Waals surface area contributed by atoms with Crippen LogP contribution in [-0.2, 0) is 10.0 Å². The van der Waals surface area contributed by atoms with Crippen molar-refractivity contribution < 1.29 is 8.42 Å². The molecular weight excluding hydrogens is 344 g/mol. The van der Waals surface area contributed by atoms with E-state index >= 15 is 0 Å². The van der Waals surface area contributed by atoms with Crippen molar-refractivity contribution >= 4 is 32.6 Å². The van der Waals surface area contributed by atoms with Gasteiger partial charge in [-0.3, -0.25) is 5.32 Å². The van der Waals surface area contributed by atoms with E-state index in [2.05, 4.69) is 24.2 Å². The lowest BCUT2D eigenvalue weighted by molar-refractivity contribution is 0.222. The number of sulfonamides is 1. The molecule has 0 aromatic heterocycles. The van der Waals surface area contributed by atoms with Crippen molar-refractivity contribution in [3.63, 3.8) is 0 Å². The summed E-state index contributed by atoms with van der Waals surface area (Å²) < 4.78 is 27.2. The lowest BCUT2D eigenvalue weighted by Gasteiger charge is -2.34. The summed E-state index contributed by atoms with van der Waals surface area (Å²) in [7, 11) is -3.48. The number of nitrogens with one attached hydrogen (secondary N) is 1. The van der Waals surface area contributed by atoms with Crippen molar-refractivity contribution in [1.82, 2.24) is 9.62 Å². The molecule has 1 fully saturated rings. The molecule has 2 unspecified atom stereocenters. The normalized spacial score (nSPS) is 22.8. The molecule has 0 spiro atoms. The van der Waals surface area contributed by atoms with Gasteiger partial charge in [-0.05, 0) is 48.8 Å². The Bertz CT molecular complexity index is 728. The number of benzene rings is 1. The topological polar surface area (TPSA) is 85.6 Å². The van der Waals surface area contributed by atoms with Gasteiger partial charge in [0.05, 0.1) is 10.6 Å². The van der Waals surface area contributed by atoms with Crippen LogP contribution in [0.15, 0.2) is 34.2 Å². The standard InChI is InChI=1S/C16H22N4O2S2/c1-12-8-13(2)10-20(9-12)24(21,22)15-6-4-14(5-7-15)19-16(23-3)18-11-17/h4-7,12-13H,8-10H2,1-3H3,(H,18,19). The average molecular weight is 367 g/mol. The number of piperidine rings is 1. The predicted molar refractivity (Wildman–Crippen MR) is 97.5 cm³/mol. The van der Waals surface area contributed by atoms with Gasteiger partial charge >= 0.3 is 0 Å². The van der Waals surface area contributed by atoms with Gasteiger partial charge in [-0.1, -0.05) is 25.6 Å². The highest BCUT2D eigenvalue weighted by molar-refractivity contribution is 8.13. The molecule has 2 atom stereocenters. The molecule has 130 valence electrons. The number of aliphatic imine (C=N–C) groups is 1. The summed E-state index contributed by atoms with van der Waals surface area (Å²) in [6.07, 6.45) is 4.69.